The first kappa shape index (κ1) is 21.6. The van der Waals surface area contributed by atoms with Gasteiger partial charge in [0.15, 0.2) is 0 Å². The Balaban J connectivity index is 1.85. The number of hydrogen-bond acceptors (Lipinski definition) is 5. The summed E-state index contributed by atoms with van der Waals surface area (Å²) >= 11 is 0. The van der Waals surface area contributed by atoms with Gasteiger partial charge in [0, 0.05) is 6.42 Å². The molecule has 0 unspecified atom stereocenters. The summed E-state index contributed by atoms with van der Waals surface area (Å²) in [6.07, 6.45) is 7.23. The molecule has 5 heteroatoms. The van der Waals surface area contributed by atoms with Crippen molar-refractivity contribution in [2.45, 2.75) is 110 Å². The van der Waals surface area contributed by atoms with E-state index < -0.39 is 16.7 Å². The first-order valence-corrected chi connectivity index (χ1v) is 11.0. The lowest BCUT2D eigenvalue weighted by molar-refractivity contribution is -0.180. The molecule has 0 heterocycles. The molecule has 28 heavy (non-hydrogen) atoms. The van der Waals surface area contributed by atoms with Crippen molar-refractivity contribution in [2.24, 2.45) is 28.9 Å². The average Bonchev–Trinajstić information content (AvgIpc) is 2.47. The number of nitrogens with two attached hydrogens (primary N) is 1. The first-order valence-electron chi connectivity index (χ1n) is 11.0. The molecule has 1 atom stereocenters. The van der Waals surface area contributed by atoms with Crippen LogP contribution in [0.25, 0.3) is 0 Å². The Hall–Kier alpha value is -1.10. The van der Waals surface area contributed by atoms with Crippen LogP contribution in [0.2, 0.25) is 0 Å². The third-order valence-corrected chi connectivity index (χ3v) is 6.89. The van der Waals surface area contributed by atoms with Crippen molar-refractivity contribution in [3.63, 3.8) is 0 Å². The molecule has 4 bridgehead atoms. The highest BCUT2D eigenvalue weighted by Gasteiger charge is 2.62. The number of carbonyl (C=O) groups excluding carboxylic acids is 2. The molecule has 4 aliphatic carbocycles. The van der Waals surface area contributed by atoms with Crippen molar-refractivity contribution in [3.8, 4) is 0 Å². The Labute approximate surface area is 170 Å². The molecule has 160 valence electrons. The molecule has 0 saturated heterocycles. The van der Waals surface area contributed by atoms with Gasteiger partial charge in [-0.15, -0.1) is 0 Å². The summed E-state index contributed by atoms with van der Waals surface area (Å²) in [4.78, 5) is 25.8. The molecule has 4 saturated carbocycles. The minimum absolute atomic E-state index is 0.148. The predicted octanol–water partition coefficient (Wildman–Crippen LogP) is 4.36. The quantitative estimate of drug-likeness (QED) is 0.702. The molecule has 0 amide bonds. The first-order chi connectivity index (χ1) is 12.7. The molecular formula is C23H39NO4. The van der Waals surface area contributed by atoms with Crippen LogP contribution in [0, 0.1) is 23.2 Å². The van der Waals surface area contributed by atoms with Crippen molar-refractivity contribution < 1.29 is 19.1 Å². The van der Waals surface area contributed by atoms with Crippen LogP contribution in [0.4, 0.5) is 0 Å². The molecule has 4 rings (SSSR count). The molecule has 4 aliphatic rings. The molecule has 4 fully saturated rings. The van der Waals surface area contributed by atoms with Crippen LogP contribution in [0.5, 0.6) is 0 Å². The maximum absolute atomic E-state index is 13.4. The molecule has 0 aromatic rings. The lowest BCUT2D eigenvalue weighted by Crippen LogP contribution is -2.67. The van der Waals surface area contributed by atoms with E-state index in [1.54, 1.807) is 0 Å². The summed E-state index contributed by atoms with van der Waals surface area (Å²) in [5.74, 6) is 1.36. The Kier molecular flexibility index (Phi) is 5.40. The van der Waals surface area contributed by atoms with Gasteiger partial charge in [0.1, 0.15) is 16.7 Å². The van der Waals surface area contributed by atoms with E-state index in [4.69, 9.17) is 15.2 Å². The minimum Gasteiger partial charge on any atom is -0.460 e. The van der Waals surface area contributed by atoms with E-state index in [1.165, 1.54) is 19.3 Å². The molecule has 0 radical (unpaired) electrons. The van der Waals surface area contributed by atoms with Gasteiger partial charge in [-0.3, -0.25) is 9.59 Å². The van der Waals surface area contributed by atoms with Crippen LogP contribution in [0.15, 0.2) is 0 Å². The zero-order valence-electron chi connectivity index (χ0n) is 18.6. The van der Waals surface area contributed by atoms with Crippen LogP contribution in [0.3, 0.4) is 0 Å². The minimum atomic E-state index is -1.13. The topological polar surface area (TPSA) is 78.6 Å². The molecule has 0 aromatic carbocycles. The second-order valence-electron chi connectivity index (χ2n) is 11.8. The van der Waals surface area contributed by atoms with Crippen LogP contribution >= 0.6 is 0 Å². The van der Waals surface area contributed by atoms with Crippen LogP contribution < -0.4 is 5.73 Å². The zero-order chi connectivity index (χ0) is 21.0. The van der Waals surface area contributed by atoms with Crippen molar-refractivity contribution in [1.82, 2.24) is 0 Å². The van der Waals surface area contributed by atoms with E-state index in [0.717, 1.165) is 19.3 Å². The third kappa shape index (κ3) is 4.39. The summed E-state index contributed by atoms with van der Waals surface area (Å²) in [6.45, 7) is 11.2. The summed E-state index contributed by atoms with van der Waals surface area (Å²) in [7, 11) is 0. The normalized spacial score (nSPS) is 34.0. The summed E-state index contributed by atoms with van der Waals surface area (Å²) < 4.78 is 11.3. The number of rotatable bonds is 5. The fourth-order valence-corrected chi connectivity index (χ4v) is 6.30. The summed E-state index contributed by atoms with van der Waals surface area (Å²) in [5, 5.41) is 0. The van der Waals surface area contributed by atoms with Gasteiger partial charge in [0.05, 0.1) is 0 Å². The highest BCUT2D eigenvalue weighted by atomic mass is 16.6. The van der Waals surface area contributed by atoms with Gasteiger partial charge in [-0.25, -0.2) is 0 Å². The maximum Gasteiger partial charge on any atom is 0.327 e. The molecular weight excluding hydrogens is 354 g/mol. The predicted molar refractivity (Wildman–Crippen MR) is 108 cm³/mol. The van der Waals surface area contributed by atoms with Gasteiger partial charge < -0.3 is 15.2 Å². The highest BCUT2D eigenvalue weighted by molar-refractivity contribution is 5.83. The standard InChI is InChI=1S/C23H39NO4/c1-20(2,3)27-18(25)7-8-23(24,19(26)28-21(4,5)6)22-12-15-9-16(13-22)11-17(10-15)14-22/h15-17H,7-14,24H2,1-6H3/t15?,16?,17?,22?,23-/m0/s1. The SMILES string of the molecule is CC(C)(C)OC(=O)CC[C@](N)(C(=O)OC(C)(C)C)C12CC3CC(CC(C3)C1)C2. The van der Waals surface area contributed by atoms with Crippen molar-refractivity contribution in [2.75, 3.05) is 0 Å². The van der Waals surface area contributed by atoms with Gasteiger partial charge in [-0.1, -0.05) is 0 Å². The lowest BCUT2D eigenvalue weighted by Gasteiger charge is -2.62. The van der Waals surface area contributed by atoms with E-state index in [2.05, 4.69) is 0 Å². The van der Waals surface area contributed by atoms with Crippen molar-refractivity contribution in [1.29, 1.82) is 0 Å². The third-order valence-electron chi connectivity index (χ3n) is 6.89. The van der Waals surface area contributed by atoms with Crippen LogP contribution in [-0.2, 0) is 19.1 Å². The zero-order valence-corrected chi connectivity index (χ0v) is 18.6. The van der Waals surface area contributed by atoms with Gasteiger partial charge in [0.2, 0.25) is 0 Å². The lowest BCUT2D eigenvalue weighted by atomic mass is 9.44. The molecule has 0 aliphatic heterocycles. The van der Waals surface area contributed by atoms with Gasteiger partial charge in [-0.05, 0) is 110 Å². The fourth-order valence-electron chi connectivity index (χ4n) is 6.30. The summed E-state index contributed by atoms with van der Waals surface area (Å²) in [6, 6.07) is 0. The molecule has 2 N–H and O–H groups in total. The Morgan fingerprint density at radius 1 is 0.857 bits per heavy atom. The highest BCUT2D eigenvalue weighted by Crippen LogP contribution is 2.64. The van der Waals surface area contributed by atoms with Crippen molar-refractivity contribution >= 4 is 11.9 Å². The van der Waals surface area contributed by atoms with E-state index in [0.29, 0.717) is 24.2 Å². The smallest absolute Gasteiger partial charge is 0.327 e. The number of carbonyl (C=O) groups is 2. The monoisotopic (exact) mass is 393 g/mol. The average molecular weight is 394 g/mol. The molecule has 0 aromatic heterocycles. The second-order valence-corrected chi connectivity index (χ2v) is 11.8. The van der Waals surface area contributed by atoms with Gasteiger partial charge in [0.25, 0.3) is 0 Å². The fraction of sp³-hybridized carbons (Fsp3) is 0.913. The van der Waals surface area contributed by atoms with E-state index in [1.807, 2.05) is 41.5 Å². The Morgan fingerprint density at radius 2 is 1.29 bits per heavy atom. The van der Waals surface area contributed by atoms with Gasteiger partial charge in [-0.2, -0.15) is 0 Å². The largest absolute Gasteiger partial charge is 0.460 e. The number of ether oxygens (including phenoxy) is 2. The number of esters is 2. The molecule has 5 nitrogen and oxygen atoms in total. The second kappa shape index (κ2) is 7.00. The summed E-state index contributed by atoms with van der Waals surface area (Å²) in [5.41, 5.74) is 4.46. The van der Waals surface area contributed by atoms with Gasteiger partial charge >= 0.3 is 11.9 Å². The Morgan fingerprint density at radius 3 is 1.68 bits per heavy atom. The van der Waals surface area contributed by atoms with Crippen LogP contribution in [0.1, 0.15) is 92.9 Å². The van der Waals surface area contributed by atoms with Crippen molar-refractivity contribution in [3.05, 3.63) is 0 Å². The van der Waals surface area contributed by atoms with E-state index in [-0.39, 0.29) is 23.8 Å². The van der Waals surface area contributed by atoms with E-state index >= 15 is 0 Å². The maximum atomic E-state index is 13.4. The van der Waals surface area contributed by atoms with E-state index in [9.17, 15) is 9.59 Å². The Bertz CT molecular complexity index is 592. The molecule has 0 spiro atoms. The number of hydrogen-bond donors (Lipinski definition) is 1. The van der Waals surface area contributed by atoms with Crippen LogP contribution in [-0.4, -0.2) is 28.7 Å².